The predicted molar refractivity (Wildman–Crippen MR) is 116 cm³/mol. The molecule has 1 saturated heterocycles. The van der Waals surface area contributed by atoms with Crippen molar-refractivity contribution in [3.8, 4) is 0 Å². The number of nitrogens with one attached hydrogen (secondary N) is 1. The van der Waals surface area contributed by atoms with Crippen molar-refractivity contribution in [3.05, 3.63) is 77.0 Å². The molecule has 1 aliphatic rings. The molecular weight excluding hydrogens is 416 g/mol. The van der Waals surface area contributed by atoms with Gasteiger partial charge in [0, 0.05) is 12.7 Å². The number of methoxy groups -OCH3 is 1. The van der Waals surface area contributed by atoms with Gasteiger partial charge in [0.2, 0.25) is 0 Å². The molecule has 0 spiro atoms. The number of aliphatic hydroxyl groups excluding tert-OH is 4. The summed E-state index contributed by atoms with van der Waals surface area (Å²) in [5.41, 5.74) is 9.24. The third-order valence-electron chi connectivity index (χ3n) is 5.38. The Balaban J connectivity index is 1.64. The number of hydrogen-bond acceptors (Lipinski definition) is 9. The molecule has 2 aromatic rings. The van der Waals surface area contributed by atoms with Crippen molar-refractivity contribution in [1.82, 2.24) is 5.32 Å². The van der Waals surface area contributed by atoms with Crippen LogP contribution in [0.2, 0.25) is 0 Å². The monoisotopic (exact) mass is 444 g/mol. The molecule has 9 nitrogen and oxygen atoms in total. The van der Waals surface area contributed by atoms with Crippen LogP contribution in [0.25, 0.3) is 5.70 Å². The van der Waals surface area contributed by atoms with Gasteiger partial charge in [-0.1, -0.05) is 36.4 Å². The SMILES string of the molecule is COC(=O)c1cccc(CNC=C(N)c2ccc(C3OC(CO)C(O)C(O)C3O)cc2)c1. The molecule has 1 aliphatic heterocycles. The maximum Gasteiger partial charge on any atom is 0.337 e. The lowest BCUT2D eigenvalue weighted by Crippen LogP contribution is -2.55. The largest absolute Gasteiger partial charge is 0.465 e. The minimum atomic E-state index is -1.43. The zero-order chi connectivity index (χ0) is 23.3. The first-order chi connectivity index (χ1) is 15.3. The summed E-state index contributed by atoms with van der Waals surface area (Å²) in [7, 11) is 1.33. The van der Waals surface area contributed by atoms with Gasteiger partial charge < -0.3 is 41.0 Å². The minimum absolute atomic E-state index is 0.401. The van der Waals surface area contributed by atoms with Crippen LogP contribution >= 0.6 is 0 Å². The molecule has 5 atom stereocenters. The highest BCUT2D eigenvalue weighted by atomic mass is 16.5. The third-order valence-corrected chi connectivity index (χ3v) is 5.38. The van der Waals surface area contributed by atoms with E-state index >= 15 is 0 Å². The highest BCUT2D eigenvalue weighted by molar-refractivity contribution is 5.89. The third kappa shape index (κ3) is 5.26. The van der Waals surface area contributed by atoms with Crippen molar-refractivity contribution >= 4 is 11.7 Å². The van der Waals surface area contributed by atoms with Crippen molar-refractivity contribution < 1.29 is 34.7 Å². The molecule has 32 heavy (non-hydrogen) atoms. The van der Waals surface area contributed by atoms with Crippen LogP contribution in [0.5, 0.6) is 0 Å². The smallest absolute Gasteiger partial charge is 0.337 e. The van der Waals surface area contributed by atoms with Crippen LogP contribution in [0.15, 0.2) is 54.7 Å². The van der Waals surface area contributed by atoms with Gasteiger partial charge in [-0.25, -0.2) is 4.79 Å². The van der Waals surface area contributed by atoms with Crippen LogP contribution in [-0.4, -0.2) is 64.5 Å². The first-order valence-electron chi connectivity index (χ1n) is 10.1. The van der Waals surface area contributed by atoms with E-state index in [0.717, 1.165) is 5.56 Å². The summed E-state index contributed by atoms with van der Waals surface area (Å²) < 4.78 is 10.3. The van der Waals surface area contributed by atoms with Crippen LogP contribution in [0.3, 0.4) is 0 Å². The second kappa shape index (κ2) is 10.6. The first-order valence-corrected chi connectivity index (χ1v) is 10.1. The summed E-state index contributed by atoms with van der Waals surface area (Å²) in [4.78, 5) is 11.6. The normalized spacial score (nSPS) is 25.9. The van der Waals surface area contributed by atoms with Crippen molar-refractivity contribution in [2.75, 3.05) is 13.7 Å². The fourth-order valence-electron chi connectivity index (χ4n) is 3.53. The molecule has 0 saturated carbocycles. The average Bonchev–Trinajstić information content (AvgIpc) is 2.82. The number of carbonyl (C=O) groups is 1. The molecule has 0 amide bonds. The molecule has 7 N–H and O–H groups in total. The van der Waals surface area contributed by atoms with Crippen molar-refractivity contribution in [3.63, 3.8) is 0 Å². The van der Waals surface area contributed by atoms with Crippen molar-refractivity contribution in [2.45, 2.75) is 37.1 Å². The molecule has 0 bridgehead atoms. The Bertz CT molecular complexity index is 946. The van der Waals surface area contributed by atoms with Crippen LogP contribution in [0.4, 0.5) is 0 Å². The second-order valence-corrected chi connectivity index (χ2v) is 7.54. The molecular formula is C23H28N2O7. The standard InChI is InChI=1S/C23H28N2O7/c1-31-23(30)16-4-2-3-13(9-16)10-25-11-17(24)14-5-7-15(8-6-14)22-21(29)20(28)19(27)18(12-26)32-22/h2-9,11,18-22,25-29H,10,12,24H2,1H3. The topological polar surface area (TPSA) is 154 Å². The summed E-state index contributed by atoms with van der Waals surface area (Å²) in [5, 5.41) is 42.6. The van der Waals surface area contributed by atoms with Gasteiger partial charge in [-0.3, -0.25) is 0 Å². The molecule has 0 radical (unpaired) electrons. The highest BCUT2D eigenvalue weighted by Crippen LogP contribution is 2.32. The molecule has 0 aromatic heterocycles. The van der Waals surface area contributed by atoms with E-state index in [9.17, 15) is 25.2 Å². The quantitative estimate of drug-likeness (QED) is 0.325. The van der Waals surface area contributed by atoms with E-state index in [1.807, 2.05) is 6.07 Å². The molecule has 172 valence electrons. The summed E-state index contributed by atoms with van der Waals surface area (Å²) in [6.07, 6.45) is -4.39. The van der Waals surface area contributed by atoms with Crippen molar-refractivity contribution in [1.29, 1.82) is 0 Å². The highest BCUT2D eigenvalue weighted by Gasteiger charge is 2.43. The van der Waals surface area contributed by atoms with Gasteiger partial charge in [-0.15, -0.1) is 0 Å². The lowest BCUT2D eigenvalue weighted by atomic mass is 9.91. The second-order valence-electron chi connectivity index (χ2n) is 7.54. The molecule has 9 heteroatoms. The van der Waals surface area contributed by atoms with Gasteiger partial charge in [0.25, 0.3) is 0 Å². The zero-order valence-corrected chi connectivity index (χ0v) is 17.6. The Hall–Kier alpha value is -2.95. The van der Waals surface area contributed by atoms with Crippen molar-refractivity contribution in [2.24, 2.45) is 5.73 Å². The van der Waals surface area contributed by atoms with Crippen LogP contribution in [0, 0.1) is 0 Å². The summed E-state index contributed by atoms with van der Waals surface area (Å²) >= 11 is 0. The van der Waals surface area contributed by atoms with Gasteiger partial charge in [0.05, 0.1) is 25.0 Å². The van der Waals surface area contributed by atoms with E-state index in [0.29, 0.717) is 28.9 Å². The molecule has 1 fully saturated rings. The lowest BCUT2D eigenvalue weighted by Gasteiger charge is -2.40. The molecule has 5 unspecified atom stereocenters. The Morgan fingerprint density at radius 1 is 1.09 bits per heavy atom. The van der Waals surface area contributed by atoms with Gasteiger partial charge in [0.1, 0.15) is 30.5 Å². The fraction of sp³-hybridized carbons (Fsp3) is 0.348. The maximum absolute atomic E-state index is 11.6. The number of rotatable bonds is 7. The number of esters is 1. The van der Waals surface area contributed by atoms with E-state index in [1.54, 1.807) is 48.7 Å². The van der Waals surface area contributed by atoms with E-state index in [2.05, 4.69) is 5.32 Å². The van der Waals surface area contributed by atoms with E-state index < -0.39 is 43.1 Å². The van der Waals surface area contributed by atoms with Gasteiger partial charge in [-0.2, -0.15) is 0 Å². The summed E-state index contributed by atoms with van der Waals surface area (Å²) in [5.74, 6) is -0.401. The Morgan fingerprint density at radius 2 is 1.81 bits per heavy atom. The van der Waals surface area contributed by atoms with E-state index in [4.69, 9.17) is 15.2 Å². The Kier molecular flexibility index (Phi) is 7.84. The van der Waals surface area contributed by atoms with E-state index in [-0.39, 0.29) is 0 Å². The van der Waals surface area contributed by atoms with Crippen LogP contribution in [-0.2, 0) is 16.0 Å². The zero-order valence-electron chi connectivity index (χ0n) is 17.6. The van der Waals surface area contributed by atoms with E-state index in [1.165, 1.54) is 7.11 Å². The predicted octanol–water partition coefficient (Wildman–Crippen LogP) is 0.0350. The van der Waals surface area contributed by atoms with Crippen LogP contribution in [0.1, 0.15) is 33.2 Å². The molecule has 3 rings (SSSR count). The number of ether oxygens (including phenoxy) is 2. The molecule has 1 heterocycles. The number of aliphatic hydroxyl groups is 4. The number of nitrogens with two attached hydrogens (primary N) is 1. The summed E-state index contributed by atoms with van der Waals surface area (Å²) in [6, 6.07) is 13.9. The first kappa shape index (κ1) is 23.7. The Morgan fingerprint density at radius 3 is 2.47 bits per heavy atom. The van der Waals surface area contributed by atoms with Gasteiger partial charge in [-0.05, 0) is 28.8 Å². The Labute approximate surface area is 185 Å². The van der Waals surface area contributed by atoms with Crippen LogP contribution < -0.4 is 11.1 Å². The average molecular weight is 444 g/mol. The van der Waals surface area contributed by atoms with Gasteiger partial charge in [0.15, 0.2) is 0 Å². The number of hydrogen-bond donors (Lipinski definition) is 6. The molecule has 0 aliphatic carbocycles. The fourth-order valence-corrected chi connectivity index (χ4v) is 3.53. The number of benzene rings is 2. The lowest BCUT2D eigenvalue weighted by molar-refractivity contribution is -0.231. The molecule has 2 aromatic carbocycles. The number of carbonyl (C=O) groups excluding carboxylic acids is 1. The maximum atomic E-state index is 11.6. The van der Waals surface area contributed by atoms with Gasteiger partial charge >= 0.3 is 5.97 Å². The minimum Gasteiger partial charge on any atom is -0.465 e. The summed E-state index contributed by atoms with van der Waals surface area (Å²) in [6.45, 7) is -0.0299.